The zero-order valence-corrected chi connectivity index (χ0v) is 11.9. The molecule has 1 aromatic carbocycles. The lowest BCUT2D eigenvalue weighted by Gasteiger charge is -2.07. The van der Waals surface area contributed by atoms with Gasteiger partial charge < -0.3 is 10.8 Å². The topological polar surface area (TPSA) is 102 Å². The number of aromatic nitrogens is 3. The maximum atomic E-state index is 11.2. The van der Waals surface area contributed by atoms with Crippen molar-refractivity contribution in [2.45, 2.75) is 13.3 Å². The SMILES string of the molecule is Cc1cnc(Cc2cnc3c(O)c(C(N)=O)ccc3c2)cn1. The van der Waals surface area contributed by atoms with Gasteiger partial charge in [0.25, 0.3) is 5.91 Å². The Morgan fingerprint density at radius 2 is 2.00 bits per heavy atom. The molecule has 0 fully saturated rings. The number of hydrogen-bond donors (Lipinski definition) is 2. The Bertz CT molecular complexity index is 860. The number of amides is 1. The number of nitrogens with zero attached hydrogens (tertiary/aromatic N) is 3. The fourth-order valence-corrected chi connectivity index (χ4v) is 2.25. The largest absolute Gasteiger partial charge is 0.505 e. The van der Waals surface area contributed by atoms with Crippen molar-refractivity contribution in [2.24, 2.45) is 5.73 Å². The Morgan fingerprint density at radius 1 is 1.18 bits per heavy atom. The van der Waals surface area contributed by atoms with E-state index in [2.05, 4.69) is 15.0 Å². The Balaban J connectivity index is 1.98. The molecule has 0 aliphatic carbocycles. The van der Waals surface area contributed by atoms with Crippen molar-refractivity contribution in [1.82, 2.24) is 15.0 Å². The smallest absolute Gasteiger partial charge is 0.252 e. The number of nitrogens with two attached hydrogens (primary N) is 1. The van der Waals surface area contributed by atoms with Crippen LogP contribution in [0.25, 0.3) is 10.9 Å². The van der Waals surface area contributed by atoms with Crippen LogP contribution in [0.1, 0.15) is 27.3 Å². The number of aryl methyl sites for hydroxylation is 1. The average Bonchev–Trinajstić information content (AvgIpc) is 2.49. The fourth-order valence-electron chi connectivity index (χ4n) is 2.25. The van der Waals surface area contributed by atoms with E-state index in [1.807, 2.05) is 13.0 Å². The Labute approximate surface area is 126 Å². The first-order valence-electron chi connectivity index (χ1n) is 6.72. The van der Waals surface area contributed by atoms with E-state index in [0.29, 0.717) is 11.9 Å². The zero-order valence-electron chi connectivity index (χ0n) is 11.9. The van der Waals surface area contributed by atoms with Crippen LogP contribution in [0, 0.1) is 6.92 Å². The minimum atomic E-state index is -0.680. The van der Waals surface area contributed by atoms with Gasteiger partial charge in [-0.2, -0.15) is 0 Å². The van der Waals surface area contributed by atoms with Gasteiger partial charge in [-0.25, -0.2) is 0 Å². The second-order valence-corrected chi connectivity index (χ2v) is 5.07. The third kappa shape index (κ3) is 2.58. The molecule has 110 valence electrons. The maximum Gasteiger partial charge on any atom is 0.252 e. The van der Waals surface area contributed by atoms with Crippen molar-refractivity contribution < 1.29 is 9.90 Å². The van der Waals surface area contributed by atoms with Gasteiger partial charge >= 0.3 is 0 Å². The monoisotopic (exact) mass is 294 g/mol. The van der Waals surface area contributed by atoms with Crippen LogP contribution in [0.15, 0.2) is 36.8 Å². The molecule has 0 spiro atoms. The number of rotatable bonds is 3. The van der Waals surface area contributed by atoms with Gasteiger partial charge in [0.2, 0.25) is 0 Å². The molecule has 0 aliphatic heterocycles. The van der Waals surface area contributed by atoms with Crippen LogP contribution in [0.3, 0.4) is 0 Å². The van der Waals surface area contributed by atoms with Crippen LogP contribution in [-0.2, 0) is 6.42 Å². The number of carbonyl (C=O) groups excluding carboxylic acids is 1. The highest BCUT2D eigenvalue weighted by atomic mass is 16.3. The summed E-state index contributed by atoms with van der Waals surface area (Å²) in [5.74, 6) is -0.869. The number of hydrogen-bond acceptors (Lipinski definition) is 5. The summed E-state index contributed by atoms with van der Waals surface area (Å²) in [6.45, 7) is 1.88. The number of fused-ring (bicyclic) bond motifs is 1. The van der Waals surface area contributed by atoms with E-state index in [1.54, 1.807) is 24.7 Å². The fraction of sp³-hybridized carbons (Fsp3) is 0.125. The molecule has 0 saturated carbocycles. The molecule has 3 aromatic rings. The molecule has 1 amide bonds. The standard InChI is InChI=1S/C16H14N4O2/c1-9-6-19-12(8-18-9)5-10-4-11-2-3-13(16(17)22)15(21)14(11)20-7-10/h2-4,6-8,21H,5H2,1H3,(H2,17,22). The zero-order chi connectivity index (χ0) is 15.7. The van der Waals surface area contributed by atoms with E-state index in [-0.39, 0.29) is 11.3 Å². The van der Waals surface area contributed by atoms with Crippen LogP contribution in [-0.4, -0.2) is 26.0 Å². The lowest BCUT2D eigenvalue weighted by Crippen LogP contribution is -2.11. The number of carbonyl (C=O) groups is 1. The summed E-state index contributed by atoms with van der Waals surface area (Å²) in [4.78, 5) is 24.0. The molecule has 6 heteroatoms. The van der Waals surface area contributed by atoms with Crippen LogP contribution >= 0.6 is 0 Å². The number of aromatic hydroxyl groups is 1. The second kappa shape index (κ2) is 5.40. The summed E-state index contributed by atoms with van der Waals surface area (Å²) >= 11 is 0. The van der Waals surface area contributed by atoms with Gasteiger partial charge in [-0.05, 0) is 24.6 Å². The molecule has 22 heavy (non-hydrogen) atoms. The van der Waals surface area contributed by atoms with Crippen molar-refractivity contribution in [1.29, 1.82) is 0 Å². The molecule has 0 atom stereocenters. The molecule has 6 nitrogen and oxygen atoms in total. The Hall–Kier alpha value is -3.02. The number of primary amides is 1. The molecule has 0 radical (unpaired) electrons. The molecule has 3 rings (SSSR count). The summed E-state index contributed by atoms with van der Waals surface area (Å²) in [5.41, 5.74) is 8.28. The Kier molecular flexibility index (Phi) is 3.42. The highest BCUT2D eigenvalue weighted by Crippen LogP contribution is 2.27. The highest BCUT2D eigenvalue weighted by Gasteiger charge is 2.12. The van der Waals surface area contributed by atoms with Gasteiger partial charge in [-0.3, -0.25) is 19.7 Å². The number of pyridine rings is 1. The lowest BCUT2D eigenvalue weighted by atomic mass is 10.1. The number of benzene rings is 1. The predicted octanol–water partition coefficient (Wildman–Crippen LogP) is 1.73. The van der Waals surface area contributed by atoms with E-state index in [1.165, 1.54) is 6.07 Å². The van der Waals surface area contributed by atoms with Gasteiger partial charge in [0.05, 0.1) is 17.0 Å². The molecular weight excluding hydrogens is 280 g/mol. The third-order valence-electron chi connectivity index (χ3n) is 3.37. The van der Waals surface area contributed by atoms with Gasteiger partial charge in [0.15, 0.2) is 5.75 Å². The minimum Gasteiger partial charge on any atom is -0.505 e. The molecule has 0 saturated heterocycles. The van der Waals surface area contributed by atoms with Crippen molar-refractivity contribution >= 4 is 16.8 Å². The molecule has 0 aliphatic rings. The average molecular weight is 294 g/mol. The van der Waals surface area contributed by atoms with Crippen molar-refractivity contribution in [3.63, 3.8) is 0 Å². The van der Waals surface area contributed by atoms with Crippen molar-refractivity contribution in [3.8, 4) is 5.75 Å². The van der Waals surface area contributed by atoms with E-state index in [4.69, 9.17) is 5.73 Å². The predicted molar refractivity (Wildman–Crippen MR) is 81.5 cm³/mol. The maximum absolute atomic E-state index is 11.2. The van der Waals surface area contributed by atoms with E-state index >= 15 is 0 Å². The van der Waals surface area contributed by atoms with Gasteiger partial charge in [0.1, 0.15) is 5.52 Å². The van der Waals surface area contributed by atoms with Gasteiger partial charge in [0, 0.05) is 30.4 Å². The first-order chi connectivity index (χ1) is 10.5. The summed E-state index contributed by atoms with van der Waals surface area (Å²) in [7, 11) is 0. The summed E-state index contributed by atoms with van der Waals surface area (Å²) < 4.78 is 0. The van der Waals surface area contributed by atoms with Crippen LogP contribution in [0.5, 0.6) is 5.75 Å². The molecular formula is C16H14N4O2. The second-order valence-electron chi connectivity index (χ2n) is 5.07. The molecule has 0 bridgehead atoms. The van der Waals surface area contributed by atoms with Crippen LogP contribution in [0.2, 0.25) is 0 Å². The summed E-state index contributed by atoms with van der Waals surface area (Å²) in [6, 6.07) is 5.11. The van der Waals surface area contributed by atoms with E-state index < -0.39 is 5.91 Å². The summed E-state index contributed by atoms with van der Waals surface area (Å²) in [6.07, 6.45) is 5.69. The van der Waals surface area contributed by atoms with Crippen molar-refractivity contribution in [2.75, 3.05) is 0 Å². The lowest BCUT2D eigenvalue weighted by molar-refractivity contribution is 0.0998. The van der Waals surface area contributed by atoms with Crippen LogP contribution in [0.4, 0.5) is 0 Å². The Morgan fingerprint density at radius 3 is 2.68 bits per heavy atom. The summed E-state index contributed by atoms with van der Waals surface area (Å²) in [5, 5.41) is 10.8. The van der Waals surface area contributed by atoms with E-state index in [9.17, 15) is 9.90 Å². The molecule has 3 N–H and O–H groups in total. The molecule has 2 heterocycles. The van der Waals surface area contributed by atoms with E-state index in [0.717, 1.165) is 22.3 Å². The first-order valence-corrected chi connectivity index (χ1v) is 6.72. The van der Waals surface area contributed by atoms with Gasteiger partial charge in [-0.1, -0.05) is 6.07 Å². The van der Waals surface area contributed by atoms with Crippen molar-refractivity contribution in [3.05, 3.63) is 59.3 Å². The molecule has 2 aromatic heterocycles. The van der Waals surface area contributed by atoms with Crippen LogP contribution < -0.4 is 5.73 Å². The highest BCUT2D eigenvalue weighted by molar-refractivity contribution is 6.01. The quantitative estimate of drug-likeness (QED) is 0.766. The first kappa shape index (κ1) is 13.9. The number of phenols is 1. The van der Waals surface area contributed by atoms with Gasteiger partial charge in [-0.15, -0.1) is 0 Å². The third-order valence-corrected chi connectivity index (χ3v) is 3.37. The minimum absolute atomic E-state index is 0.0668. The normalized spacial score (nSPS) is 10.8. The molecule has 0 unspecified atom stereocenters.